The number of carbonyl (C=O) groups excluding carboxylic acids is 1. The summed E-state index contributed by atoms with van der Waals surface area (Å²) in [5.74, 6) is 0.237. The van der Waals surface area contributed by atoms with Gasteiger partial charge < -0.3 is 5.32 Å². The summed E-state index contributed by atoms with van der Waals surface area (Å²) in [4.78, 5) is 16.9. The van der Waals surface area contributed by atoms with Gasteiger partial charge in [0.15, 0.2) is 0 Å². The molecule has 2 aromatic heterocycles. The molecule has 7 heteroatoms. The van der Waals surface area contributed by atoms with Gasteiger partial charge in [0.2, 0.25) is 5.91 Å². The fourth-order valence-electron chi connectivity index (χ4n) is 2.89. The number of thioether (sulfide) groups is 1. The van der Waals surface area contributed by atoms with Crippen molar-refractivity contribution in [3.8, 4) is 11.3 Å². The molecule has 4 aromatic rings. The van der Waals surface area contributed by atoms with Crippen LogP contribution in [-0.4, -0.2) is 26.8 Å². The number of nitrogens with one attached hydrogen (secondary N) is 1. The molecule has 4 rings (SSSR count). The minimum Gasteiger partial charge on any atom is -0.351 e. The third-order valence-corrected chi connectivity index (χ3v) is 6.32. The molecule has 0 aliphatic carbocycles. The lowest BCUT2D eigenvalue weighted by Crippen LogP contribution is -2.24. The zero-order valence-electron chi connectivity index (χ0n) is 16.2. The Morgan fingerprint density at radius 2 is 1.79 bits per heavy atom. The maximum absolute atomic E-state index is 12.3. The largest absolute Gasteiger partial charge is 0.351 e. The predicted octanol–water partition coefficient (Wildman–Crippen LogP) is 4.78. The van der Waals surface area contributed by atoms with E-state index in [0.717, 1.165) is 32.0 Å². The number of thiazole rings is 1. The van der Waals surface area contributed by atoms with Gasteiger partial charge in [0.25, 0.3) is 0 Å². The summed E-state index contributed by atoms with van der Waals surface area (Å²) in [5, 5.41) is 13.4. The molecule has 0 aliphatic rings. The quantitative estimate of drug-likeness (QED) is 0.455. The van der Waals surface area contributed by atoms with E-state index in [1.165, 1.54) is 17.3 Å². The second-order valence-corrected chi connectivity index (χ2v) is 8.85. The molecule has 2 aromatic carbocycles. The Morgan fingerprint density at radius 1 is 1.03 bits per heavy atom. The fourth-order valence-corrected chi connectivity index (χ4v) is 4.64. The van der Waals surface area contributed by atoms with Crippen LogP contribution < -0.4 is 5.32 Å². The van der Waals surface area contributed by atoms with E-state index in [0.29, 0.717) is 11.6 Å². The summed E-state index contributed by atoms with van der Waals surface area (Å²) in [6.45, 7) is 4.54. The van der Waals surface area contributed by atoms with Crippen LogP contribution in [0.3, 0.4) is 0 Å². The van der Waals surface area contributed by atoms with Gasteiger partial charge in [-0.2, -0.15) is 0 Å². The van der Waals surface area contributed by atoms with E-state index in [1.807, 2.05) is 68.4 Å². The smallest absolute Gasteiger partial charge is 0.230 e. The second-order valence-electron chi connectivity index (χ2n) is 6.68. The highest BCUT2D eigenvalue weighted by Crippen LogP contribution is 2.35. The Morgan fingerprint density at radius 3 is 2.55 bits per heavy atom. The van der Waals surface area contributed by atoms with Gasteiger partial charge in [-0.1, -0.05) is 71.9 Å². The topological polar surface area (TPSA) is 67.8 Å². The van der Waals surface area contributed by atoms with Gasteiger partial charge in [0, 0.05) is 12.1 Å². The maximum Gasteiger partial charge on any atom is 0.230 e. The Kier molecular flexibility index (Phi) is 5.87. The van der Waals surface area contributed by atoms with Crippen LogP contribution in [0, 0.1) is 13.8 Å². The lowest BCUT2D eigenvalue weighted by atomic mass is 10.1. The summed E-state index contributed by atoms with van der Waals surface area (Å²) < 4.78 is 1.01. The van der Waals surface area contributed by atoms with E-state index in [1.54, 1.807) is 11.3 Å². The van der Waals surface area contributed by atoms with Crippen LogP contribution in [-0.2, 0) is 11.3 Å². The zero-order chi connectivity index (χ0) is 20.2. The molecule has 0 saturated heterocycles. The summed E-state index contributed by atoms with van der Waals surface area (Å²) in [7, 11) is 0. The Bertz CT molecular complexity index is 1140. The first-order valence-corrected chi connectivity index (χ1v) is 11.0. The summed E-state index contributed by atoms with van der Waals surface area (Å²) in [5.41, 5.74) is 4.95. The van der Waals surface area contributed by atoms with E-state index < -0.39 is 0 Å². The zero-order valence-corrected chi connectivity index (χ0v) is 17.8. The first kappa shape index (κ1) is 19.5. The van der Waals surface area contributed by atoms with Gasteiger partial charge >= 0.3 is 0 Å². The first-order chi connectivity index (χ1) is 14.1. The highest BCUT2D eigenvalue weighted by molar-refractivity contribution is 8.00. The molecule has 0 saturated carbocycles. The Hall–Kier alpha value is -2.77. The van der Waals surface area contributed by atoms with Crippen molar-refractivity contribution in [3.63, 3.8) is 0 Å². The summed E-state index contributed by atoms with van der Waals surface area (Å²) in [6, 6.07) is 18.1. The van der Waals surface area contributed by atoms with E-state index in [9.17, 15) is 4.79 Å². The molecule has 29 heavy (non-hydrogen) atoms. The van der Waals surface area contributed by atoms with Crippen molar-refractivity contribution in [3.05, 3.63) is 70.7 Å². The molecule has 0 aliphatic heterocycles. The van der Waals surface area contributed by atoms with Crippen molar-refractivity contribution in [1.29, 1.82) is 0 Å². The SMILES string of the molecule is Cc1ccc(CNC(=O)CSc2nnc(-c3ccccc3)c3sc(C)nc23)cc1. The molecule has 146 valence electrons. The molecule has 1 amide bonds. The number of carbonyl (C=O) groups is 1. The highest BCUT2D eigenvalue weighted by atomic mass is 32.2. The predicted molar refractivity (Wildman–Crippen MR) is 119 cm³/mol. The van der Waals surface area contributed by atoms with Crippen LogP contribution in [0.4, 0.5) is 0 Å². The molecule has 0 radical (unpaired) electrons. The van der Waals surface area contributed by atoms with Crippen LogP contribution in [0.2, 0.25) is 0 Å². The number of fused-ring (bicyclic) bond motifs is 1. The fraction of sp³-hybridized carbons (Fsp3) is 0.182. The number of rotatable bonds is 6. The van der Waals surface area contributed by atoms with E-state index in [-0.39, 0.29) is 11.7 Å². The van der Waals surface area contributed by atoms with E-state index in [2.05, 4.69) is 20.5 Å². The lowest BCUT2D eigenvalue weighted by Gasteiger charge is -2.07. The van der Waals surface area contributed by atoms with Crippen LogP contribution >= 0.6 is 23.1 Å². The molecule has 0 atom stereocenters. The van der Waals surface area contributed by atoms with Gasteiger partial charge in [-0.15, -0.1) is 21.5 Å². The third-order valence-electron chi connectivity index (χ3n) is 4.39. The molecule has 0 spiro atoms. The average Bonchev–Trinajstić information content (AvgIpc) is 3.13. The Labute approximate surface area is 177 Å². The summed E-state index contributed by atoms with van der Waals surface area (Å²) >= 11 is 2.97. The molecule has 0 bridgehead atoms. The molecule has 1 N–H and O–H groups in total. The monoisotopic (exact) mass is 420 g/mol. The van der Waals surface area contributed by atoms with Crippen molar-refractivity contribution in [2.45, 2.75) is 25.4 Å². The average molecular weight is 421 g/mol. The second kappa shape index (κ2) is 8.71. The molecule has 0 fully saturated rings. The van der Waals surface area contributed by atoms with E-state index >= 15 is 0 Å². The number of benzene rings is 2. The van der Waals surface area contributed by atoms with Crippen LogP contribution in [0.1, 0.15) is 16.1 Å². The number of aromatic nitrogens is 3. The minimum absolute atomic E-state index is 0.0374. The Balaban J connectivity index is 1.47. The number of amides is 1. The molecule has 2 heterocycles. The first-order valence-electron chi connectivity index (χ1n) is 9.24. The van der Waals surface area contributed by atoms with Gasteiger partial charge in [-0.25, -0.2) is 4.98 Å². The van der Waals surface area contributed by atoms with Gasteiger partial charge in [0.1, 0.15) is 16.2 Å². The van der Waals surface area contributed by atoms with Crippen molar-refractivity contribution in [1.82, 2.24) is 20.5 Å². The molecule has 5 nitrogen and oxygen atoms in total. The van der Waals surface area contributed by atoms with Gasteiger partial charge in [0.05, 0.1) is 15.5 Å². The van der Waals surface area contributed by atoms with Crippen LogP contribution in [0.5, 0.6) is 0 Å². The number of nitrogens with zero attached hydrogens (tertiary/aromatic N) is 3. The normalized spacial score (nSPS) is 11.0. The van der Waals surface area contributed by atoms with Gasteiger partial charge in [-0.3, -0.25) is 4.79 Å². The van der Waals surface area contributed by atoms with E-state index in [4.69, 9.17) is 0 Å². The lowest BCUT2D eigenvalue weighted by molar-refractivity contribution is -0.118. The highest BCUT2D eigenvalue weighted by Gasteiger charge is 2.16. The maximum atomic E-state index is 12.3. The van der Waals surface area contributed by atoms with Crippen LogP contribution in [0.25, 0.3) is 21.5 Å². The minimum atomic E-state index is -0.0374. The van der Waals surface area contributed by atoms with Crippen molar-refractivity contribution >= 4 is 39.2 Å². The summed E-state index contributed by atoms with van der Waals surface area (Å²) in [6.07, 6.45) is 0. The van der Waals surface area contributed by atoms with Crippen molar-refractivity contribution in [2.75, 3.05) is 5.75 Å². The standard InChI is InChI=1S/C22H20N4OS2/c1-14-8-10-16(11-9-14)12-23-18(27)13-28-22-20-21(29-15(2)24-20)19(25-26-22)17-6-4-3-5-7-17/h3-11H,12-13H2,1-2H3,(H,23,27). The van der Waals surface area contributed by atoms with Gasteiger partial charge in [-0.05, 0) is 19.4 Å². The number of hydrogen-bond donors (Lipinski definition) is 1. The van der Waals surface area contributed by atoms with Crippen molar-refractivity contribution in [2.24, 2.45) is 0 Å². The van der Waals surface area contributed by atoms with Crippen molar-refractivity contribution < 1.29 is 4.79 Å². The number of hydrogen-bond acceptors (Lipinski definition) is 6. The molecular weight excluding hydrogens is 400 g/mol. The third kappa shape index (κ3) is 4.63. The number of aryl methyl sites for hydroxylation is 2. The molecule has 0 unspecified atom stereocenters. The molecular formula is C22H20N4OS2. The van der Waals surface area contributed by atoms with Crippen LogP contribution in [0.15, 0.2) is 59.6 Å².